The van der Waals surface area contributed by atoms with Crippen molar-refractivity contribution in [3.05, 3.63) is 17.6 Å². The van der Waals surface area contributed by atoms with Gasteiger partial charge in [-0.1, -0.05) is 19.8 Å². The number of aliphatic hydroxyl groups is 1. The largest absolute Gasteiger partial charge is 0.391 e. The second kappa shape index (κ2) is 7.71. The van der Waals surface area contributed by atoms with Crippen molar-refractivity contribution in [2.75, 3.05) is 18.9 Å². The molecule has 2 atom stereocenters. The molecule has 1 aromatic heterocycles. The molecule has 118 valence electrons. The summed E-state index contributed by atoms with van der Waals surface area (Å²) in [4.78, 5) is 11.3. The number of aryl methyl sites for hydroxylation is 1. The van der Waals surface area contributed by atoms with E-state index in [1.165, 1.54) is 6.42 Å². The van der Waals surface area contributed by atoms with Crippen molar-refractivity contribution in [3.63, 3.8) is 0 Å². The lowest BCUT2D eigenvalue weighted by Crippen LogP contribution is -2.43. The third-order valence-electron chi connectivity index (χ3n) is 4.11. The zero-order valence-corrected chi connectivity index (χ0v) is 13.5. The topological polar surface area (TPSA) is 61.3 Å². The molecule has 1 fully saturated rings. The van der Waals surface area contributed by atoms with E-state index >= 15 is 0 Å². The first-order valence-electron chi connectivity index (χ1n) is 8.07. The molecule has 0 aromatic carbocycles. The van der Waals surface area contributed by atoms with Gasteiger partial charge in [0.05, 0.1) is 12.6 Å². The van der Waals surface area contributed by atoms with Gasteiger partial charge in [-0.25, -0.2) is 9.97 Å². The van der Waals surface area contributed by atoms with Crippen LogP contribution < -0.4 is 5.32 Å². The van der Waals surface area contributed by atoms with Gasteiger partial charge in [0.15, 0.2) is 0 Å². The fourth-order valence-electron chi connectivity index (χ4n) is 2.99. The molecule has 0 amide bonds. The van der Waals surface area contributed by atoms with Gasteiger partial charge in [-0.3, -0.25) is 4.90 Å². The molecule has 0 spiro atoms. The smallest absolute Gasteiger partial charge is 0.144 e. The van der Waals surface area contributed by atoms with Crippen LogP contribution in [0.25, 0.3) is 0 Å². The lowest BCUT2D eigenvalue weighted by molar-refractivity contribution is 0.0278. The molecule has 0 aliphatic heterocycles. The molecule has 2 rings (SSSR count). The number of nitrogens with zero attached hydrogens (tertiary/aromatic N) is 3. The van der Waals surface area contributed by atoms with Crippen LogP contribution in [0.4, 0.5) is 5.82 Å². The minimum absolute atomic E-state index is 0.216. The van der Waals surface area contributed by atoms with Gasteiger partial charge >= 0.3 is 0 Å². The average molecular weight is 292 g/mol. The summed E-state index contributed by atoms with van der Waals surface area (Å²) in [7, 11) is 2.06. The highest BCUT2D eigenvalue weighted by Gasteiger charge is 2.26. The van der Waals surface area contributed by atoms with Crippen molar-refractivity contribution in [2.24, 2.45) is 0 Å². The Labute approximate surface area is 127 Å². The molecule has 1 aliphatic carbocycles. The van der Waals surface area contributed by atoms with E-state index in [-0.39, 0.29) is 12.1 Å². The van der Waals surface area contributed by atoms with E-state index in [4.69, 9.17) is 0 Å². The Balaban J connectivity index is 2.02. The summed E-state index contributed by atoms with van der Waals surface area (Å²) in [5.74, 6) is 1.73. The maximum Gasteiger partial charge on any atom is 0.144 e. The number of hydrogen-bond donors (Lipinski definition) is 2. The molecule has 0 saturated heterocycles. The predicted octanol–water partition coefficient (Wildman–Crippen LogP) is 2.34. The molecule has 1 heterocycles. The van der Waals surface area contributed by atoms with Gasteiger partial charge in [0.25, 0.3) is 0 Å². The lowest BCUT2D eigenvalue weighted by Gasteiger charge is -2.34. The Hall–Kier alpha value is -1.20. The van der Waals surface area contributed by atoms with Gasteiger partial charge in [-0.2, -0.15) is 0 Å². The van der Waals surface area contributed by atoms with Crippen molar-refractivity contribution in [2.45, 2.75) is 64.6 Å². The number of hydrogen-bond acceptors (Lipinski definition) is 5. The fraction of sp³-hybridized carbons (Fsp3) is 0.750. The van der Waals surface area contributed by atoms with E-state index in [2.05, 4.69) is 34.2 Å². The summed E-state index contributed by atoms with van der Waals surface area (Å²) >= 11 is 0. The normalized spacial score (nSPS) is 22.5. The highest BCUT2D eigenvalue weighted by atomic mass is 16.3. The maximum atomic E-state index is 10.1. The van der Waals surface area contributed by atoms with Crippen LogP contribution in [0.1, 0.15) is 50.5 Å². The highest BCUT2D eigenvalue weighted by Crippen LogP contribution is 2.23. The number of nitrogens with one attached hydrogen (secondary N) is 1. The van der Waals surface area contributed by atoms with E-state index in [9.17, 15) is 5.11 Å². The summed E-state index contributed by atoms with van der Waals surface area (Å²) in [6.45, 7) is 5.75. The Morgan fingerprint density at radius 2 is 2.10 bits per heavy atom. The van der Waals surface area contributed by atoms with Crippen molar-refractivity contribution in [1.29, 1.82) is 0 Å². The van der Waals surface area contributed by atoms with Gasteiger partial charge in [-0.05, 0) is 33.2 Å². The monoisotopic (exact) mass is 292 g/mol. The van der Waals surface area contributed by atoms with Gasteiger partial charge < -0.3 is 10.4 Å². The van der Waals surface area contributed by atoms with Crippen LogP contribution in [0.5, 0.6) is 0 Å². The number of anilines is 1. The SMILES string of the molecule is CCCNc1cc(C)nc(CN(C)C2CCCCC2O)n1. The van der Waals surface area contributed by atoms with E-state index in [0.717, 1.165) is 49.6 Å². The van der Waals surface area contributed by atoms with Crippen LogP contribution >= 0.6 is 0 Å². The Morgan fingerprint density at radius 3 is 2.81 bits per heavy atom. The van der Waals surface area contributed by atoms with Gasteiger partial charge in [-0.15, -0.1) is 0 Å². The number of likely N-dealkylation sites (N-methyl/N-ethyl adjacent to an activating group) is 1. The molecule has 0 bridgehead atoms. The van der Waals surface area contributed by atoms with Crippen LogP contribution in [0, 0.1) is 6.92 Å². The van der Waals surface area contributed by atoms with Gasteiger partial charge in [0.1, 0.15) is 11.6 Å². The lowest BCUT2D eigenvalue weighted by atomic mass is 9.91. The molecular weight excluding hydrogens is 264 g/mol. The summed E-state index contributed by atoms with van der Waals surface area (Å²) in [6.07, 6.45) is 5.16. The van der Waals surface area contributed by atoms with Crippen molar-refractivity contribution < 1.29 is 5.11 Å². The molecule has 5 heteroatoms. The zero-order chi connectivity index (χ0) is 15.2. The van der Waals surface area contributed by atoms with Crippen molar-refractivity contribution >= 4 is 5.82 Å². The molecule has 2 N–H and O–H groups in total. The van der Waals surface area contributed by atoms with Crippen LogP contribution in [0.2, 0.25) is 0 Å². The molecule has 1 aromatic rings. The minimum Gasteiger partial charge on any atom is -0.391 e. The van der Waals surface area contributed by atoms with Crippen LogP contribution in [-0.4, -0.2) is 45.7 Å². The summed E-state index contributed by atoms with van der Waals surface area (Å²) in [5, 5.41) is 13.5. The van der Waals surface area contributed by atoms with Crippen LogP contribution in [0.15, 0.2) is 6.07 Å². The highest BCUT2D eigenvalue weighted by molar-refractivity contribution is 5.35. The van der Waals surface area contributed by atoms with Gasteiger partial charge in [0, 0.05) is 24.3 Å². The standard InChI is InChI=1S/C16H28N4O/c1-4-9-17-15-10-12(2)18-16(19-15)11-20(3)13-7-5-6-8-14(13)21/h10,13-14,21H,4-9,11H2,1-3H3,(H,17,18,19). The second-order valence-electron chi connectivity index (χ2n) is 6.07. The molecule has 1 aliphatic rings. The summed E-state index contributed by atoms with van der Waals surface area (Å²) in [6, 6.07) is 2.21. The molecular formula is C16H28N4O. The first-order valence-corrected chi connectivity index (χ1v) is 8.07. The molecule has 2 unspecified atom stereocenters. The van der Waals surface area contributed by atoms with E-state index in [1.54, 1.807) is 0 Å². The fourth-order valence-corrected chi connectivity index (χ4v) is 2.99. The van der Waals surface area contributed by atoms with E-state index in [1.807, 2.05) is 13.0 Å². The number of aliphatic hydroxyl groups excluding tert-OH is 1. The zero-order valence-electron chi connectivity index (χ0n) is 13.5. The molecule has 1 saturated carbocycles. The first kappa shape index (κ1) is 16.2. The van der Waals surface area contributed by atoms with Crippen molar-refractivity contribution in [1.82, 2.24) is 14.9 Å². The second-order valence-corrected chi connectivity index (χ2v) is 6.07. The average Bonchev–Trinajstić information content (AvgIpc) is 2.45. The van der Waals surface area contributed by atoms with Crippen molar-refractivity contribution in [3.8, 4) is 0 Å². The van der Waals surface area contributed by atoms with E-state index < -0.39 is 0 Å². The van der Waals surface area contributed by atoms with Crippen LogP contribution in [-0.2, 0) is 6.54 Å². The predicted molar refractivity (Wildman–Crippen MR) is 85.3 cm³/mol. The summed E-state index contributed by atoms with van der Waals surface area (Å²) in [5.41, 5.74) is 0.983. The third kappa shape index (κ3) is 4.64. The minimum atomic E-state index is -0.216. The summed E-state index contributed by atoms with van der Waals surface area (Å²) < 4.78 is 0. The molecule has 5 nitrogen and oxygen atoms in total. The van der Waals surface area contributed by atoms with Gasteiger partial charge in [0.2, 0.25) is 0 Å². The Bertz CT molecular complexity index is 452. The third-order valence-corrected chi connectivity index (χ3v) is 4.11. The number of aromatic nitrogens is 2. The molecule has 21 heavy (non-hydrogen) atoms. The van der Waals surface area contributed by atoms with E-state index in [0.29, 0.717) is 6.54 Å². The Kier molecular flexibility index (Phi) is 5.94. The molecule has 0 radical (unpaired) electrons. The van der Waals surface area contributed by atoms with Crippen LogP contribution in [0.3, 0.4) is 0 Å². The number of rotatable bonds is 6. The first-order chi connectivity index (χ1) is 10.1. The quantitative estimate of drug-likeness (QED) is 0.842. The Morgan fingerprint density at radius 1 is 1.33 bits per heavy atom. The maximum absolute atomic E-state index is 10.1.